The third-order valence-electron chi connectivity index (χ3n) is 5.12. The Morgan fingerprint density at radius 2 is 2.00 bits per heavy atom. The first-order chi connectivity index (χ1) is 12.1. The van der Waals surface area contributed by atoms with E-state index in [4.69, 9.17) is 0 Å². The summed E-state index contributed by atoms with van der Waals surface area (Å²) in [5.74, 6) is -0.271. The predicted molar refractivity (Wildman–Crippen MR) is 92.9 cm³/mol. The van der Waals surface area contributed by atoms with Crippen molar-refractivity contribution >= 4 is 17.5 Å². The van der Waals surface area contributed by atoms with Crippen molar-refractivity contribution in [2.45, 2.75) is 38.1 Å². The maximum atomic E-state index is 11.6. The molecule has 8 nitrogen and oxygen atoms in total. The minimum Gasteiger partial charge on any atom is -0.465 e. The monoisotopic (exact) mass is 348 g/mol. The van der Waals surface area contributed by atoms with E-state index in [1.165, 1.54) is 32.2 Å². The smallest absolute Gasteiger partial charge is 0.339 e. The normalized spacial score (nSPS) is 21.8. The van der Waals surface area contributed by atoms with Crippen molar-refractivity contribution in [1.29, 1.82) is 0 Å². The molecule has 2 saturated heterocycles. The van der Waals surface area contributed by atoms with Gasteiger partial charge in [-0.15, -0.1) is 0 Å². The topological polar surface area (TPSA) is 88.8 Å². The van der Waals surface area contributed by atoms with Gasteiger partial charge in [0.25, 0.3) is 0 Å². The number of rotatable bonds is 4. The van der Waals surface area contributed by atoms with Crippen LogP contribution in [-0.4, -0.2) is 60.1 Å². The molecule has 0 N–H and O–H groups in total. The number of anilines is 1. The average molecular weight is 348 g/mol. The van der Waals surface area contributed by atoms with Crippen LogP contribution >= 0.6 is 0 Å². The molecule has 8 heteroatoms. The molecule has 2 aliphatic heterocycles. The summed E-state index contributed by atoms with van der Waals surface area (Å²) in [6.07, 6.45) is 6.97. The molecule has 0 saturated carbocycles. The third kappa shape index (κ3) is 3.89. The molecule has 3 rings (SSSR count). The van der Waals surface area contributed by atoms with E-state index in [0.29, 0.717) is 11.9 Å². The molecule has 0 aliphatic carbocycles. The van der Waals surface area contributed by atoms with Crippen LogP contribution in [0.5, 0.6) is 0 Å². The maximum Gasteiger partial charge on any atom is 0.339 e. The molecule has 1 aromatic heterocycles. The highest BCUT2D eigenvalue weighted by molar-refractivity contribution is 5.90. The maximum absolute atomic E-state index is 11.6. The molecule has 1 aromatic rings. The Morgan fingerprint density at radius 3 is 2.68 bits per heavy atom. The minimum atomic E-state index is -0.618. The van der Waals surface area contributed by atoms with Gasteiger partial charge in [-0.1, -0.05) is 0 Å². The van der Waals surface area contributed by atoms with Crippen molar-refractivity contribution in [3.63, 3.8) is 0 Å². The Morgan fingerprint density at radius 1 is 1.24 bits per heavy atom. The van der Waals surface area contributed by atoms with Gasteiger partial charge in [-0.2, -0.15) is 0 Å². The van der Waals surface area contributed by atoms with Crippen molar-refractivity contribution in [1.82, 2.24) is 9.88 Å². The fraction of sp³-hybridized carbons (Fsp3) is 0.647. The molecule has 0 spiro atoms. The number of likely N-dealkylation sites (tertiary alicyclic amines) is 1. The number of nitrogens with zero attached hydrogens (tertiary/aromatic N) is 4. The van der Waals surface area contributed by atoms with Gasteiger partial charge in [0.2, 0.25) is 5.82 Å². The largest absolute Gasteiger partial charge is 0.465 e. The van der Waals surface area contributed by atoms with Crippen LogP contribution in [-0.2, 0) is 4.74 Å². The van der Waals surface area contributed by atoms with Crippen LogP contribution in [0.4, 0.5) is 11.5 Å². The molecule has 2 aliphatic rings. The molecule has 0 aromatic carbocycles. The summed E-state index contributed by atoms with van der Waals surface area (Å²) in [4.78, 5) is 31.4. The number of pyridine rings is 1. The van der Waals surface area contributed by atoms with Crippen molar-refractivity contribution in [3.05, 3.63) is 27.9 Å². The van der Waals surface area contributed by atoms with E-state index in [1.54, 1.807) is 0 Å². The molecule has 2 fully saturated rings. The van der Waals surface area contributed by atoms with E-state index in [9.17, 15) is 14.9 Å². The summed E-state index contributed by atoms with van der Waals surface area (Å²) in [5, 5.41) is 11.5. The SMILES string of the molecule is COC(=O)c1cnc(N2CCCC(N3CCCC3)CC2)c([N+](=O)[O-])c1. The van der Waals surface area contributed by atoms with Crippen LogP contribution in [0.15, 0.2) is 12.3 Å². The van der Waals surface area contributed by atoms with Crippen molar-refractivity contribution in [3.8, 4) is 0 Å². The number of carbonyl (C=O) groups is 1. The van der Waals surface area contributed by atoms with Gasteiger partial charge < -0.3 is 14.5 Å². The van der Waals surface area contributed by atoms with Crippen LogP contribution < -0.4 is 4.90 Å². The number of ether oxygens (including phenoxy) is 1. The molecule has 1 unspecified atom stereocenters. The van der Waals surface area contributed by atoms with Gasteiger partial charge in [-0.3, -0.25) is 10.1 Å². The highest BCUT2D eigenvalue weighted by Crippen LogP contribution is 2.30. The van der Waals surface area contributed by atoms with Gasteiger partial charge in [0.1, 0.15) is 0 Å². The third-order valence-corrected chi connectivity index (χ3v) is 5.12. The molecule has 25 heavy (non-hydrogen) atoms. The Balaban J connectivity index is 1.78. The summed E-state index contributed by atoms with van der Waals surface area (Å²) in [7, 11) is 1.25. The van der Waals surface area contributed by atoms with Crippen molar-refractivity contribution in [2.75, 3.05) is 38.2 Å². The van der Waals surface area contributed by atoms with Crippen LogP contribution in [0.25, 0.3) is 0 Å². The molecule has 136 valence electrons. The zero-order valence-electron chi connectivity index (χ0n) is 14.5. The highest BCUT2D eigenvalue weighted by atomic mass is 16.6. The lowest BCUT2D eigenvalue weighted by Crippen LogP contribution is -2.34. The Kier molecular flexibility index (Phi) is 5.47. The van der Waals surface area contributed by atoms with Gasteiger partial charge in [0.15, 0.2) is 0 Å². The number of methoxy groups -OCH3 is 1. The Bertz CT molecular complexity index is 646. The lowest BCUT2D eigenvalue weighted by atomic mass is 10.1. The fourth-order valence-corrected chi connectivity index (χ4v) is 3.82. The molecule has 3 heterocycles. The molecule has 0 radical (unpaired) electrons. The van der Waals surface area contributed by atoms with Crippen molar-refractivity contribution < 1.29 is 14.5 Å². The number of nitro groups is 1. The standard InChI is InChI=1S/C17H24N4O4/c1-25-17(22)13-11-15(21(23)24)16(18-12-13)20-9-4-5-14(6-10-20)19-7-2-3-8-19/h11-12,14H,2-10H2,1H3. The first kappa shape index (κ1) is 17.6. The average Bonchev–Trinajstić information content (AvgIpc) is 3.05. The predicted octanol–water partition coefficient (Wildman–Crippen LogP) is 2.23. The number of hydrogen-bond acceptors (Lipinski definition) is 7. The van der Waals surface area contributed by atoms with Gasteiger partial charge in [0.05, 0.1) is 17.6 Å². The number of hydrogen-bond donors (Lipinski definition) is 0. The second kappa shape index (κ2) is 7.77. The first-order valence-corrected chi connectivity index (χ1v) is 8.82. The highest BCUT2D eigenvalue weighted by Gasteiger charge is 2.28. The number of esters is 1. The second-order valence-corrected chi connectivity index (χ2v) is 6.63. The zero-order valence-corrected chi connectivity index (χ0v) is 14.5. The Labute approximate surface area is 146 Å². The summed E-state index contributed by atoms with van der Waals surface area (Å²) in [6, 6.07) is 1.82. The van der Waals surface area contributed by atoms with E-state index in [-0.39, 0.29) is 11.3 Å². The van der Waals surface area contributed by atoms with Gasteiger partial charge in [-0.25, -0.2) is 9.78 Å². The zero-order chi connectivity index (χ0) is 17.8. The molecular formula is C17H24N4O4. The van der Waals surface area contributed by atoms with E-state index in [2.05, 4.69) is 14.6 Å². The lowest BCUT2D eigenvalue weighted by Gasteiger charge is -2.26. The van der Waals surface area contributed by atoms with Gasteiger partial charge >= 0.3 is 11.7 Å². The van der Waals surface area contributed by atoms with Crippen LogP contribution in [0.2, 0.25) is 0 Å². The first-order valence-electron chi connectivity index (χ1n) is 8.82. The Hall–Kier alpha value is -2.22. The van der Waals surface area contributed by atoms with Crippen LogP contribution in [0.1, 0.15) is 42.5 Å². The fourth-order valence-electron chi connectivity index (χ4n) is 3.82. The molecule has 1 atom stereocenters. The van der Waals surface area contributed by atoms with E-state index in [1.807, 2.05) is 4.90 Å². The summed E-state index contributed by atoms with van der Waals surface area (Å²) < 4.78 is 4.63. The molecular weight excluding hydrogens is 324 g/mol. The summed E-state index contributed by atoms with van der Waals surface area (Å²) in [5.41, 5.74) is -0.0368. The lowest BCUT2D eigenvalue weighted by molar-refractivity contribution is -0.384. The molecule has 0 amide bonds. The summed E-state index contributed by atoms with van der Waals surface area (Å²) >= 11 is 0. The van der Waals surface area contributed by atoms with Gasteiger partial charge in [0, 0.05) is 31.4 Å². The number of carbonyl (C=O) groups excluding carboxylic acids is 1. The molecule has 0 bridgehead atoms. The quantitative estimate of drug-likeness (QED) is 0.468. The number of aromatic nitrogens is 1. The van der Waals surface area contributed by atoms with Crippen LogP contribution in [0, 0.1) is 10.1 Å². The van der Waals surface area contributed by atoms with Crippen molar-refractivity contribution in [2.24, 2.45) is 0 Å². The second-order valence-electron chi connectivity index (χ2n) is 6.63. The van der Waals surface area contributed by atoms with Gasteiger partial charge in [-0.05, 0) is 45.2 Å². The van der Waals surface area contributed by atoms with E-state index < -0.39 is 10.9 Å². The van der Waals surface area contributed by atoms with E-state index in [0.717, 1.165) is 45.4 Å². The van der Waals surface area contributed by atoms with Crippen LogP contribution in [0.3, 0.4) is 0 Å². The summed E-state index contributed by atoms with van der Waals surface area (Å²) in [6.45, 7) is 3.82. The van der Waals surface area contributed by atoms with E-state index >= 15 is 0 Å². The minimum absolute atomic E-state index is 0.0997.